The molecule has 0 atom stereocenters. The highest BCUT2D eigenvalue weighted by molar-refractivity contribution is 5.92. The molecule has 1 rings (SSSR count). The second kappa shape index (κ2) is 4.07. The number of carbonyl (C=O) groups is 1. The number of methoxy groups -OCH3 is 1. The largest absolute Gasteiger partial charge is 0.465 e. The van der Waals surface area contributed by atoms with Crippen LogP contribution >= 0.6 is 0 Å². The van der Waals surface area contributed by atoms with E-state index in [1.54, 1.807) is 0 Å². The molecule has 0 saturated carbocycles. The van der Waals surface area contributed by atoms with Crippen molar-refractivity contribution in [1.82, 2.24) is 10.2 Å². The van der Waals surface area contributed by atoms with Crippen molar-refractivity contribution in [3.8, 4) is 0 Å². The van der Waals surface area contributed by atoms with Gasteiger partial charge in [-0.25, -0.2) is 4.79 Å². The number of hydrogen-bond acceptors (Lipinski definition) is 4. The van der Waals surface area contributed by atoms with Crippen LogP contribution < -0.4 is 0 Å². The first-order valence-electron chi connectivity index (χ1n) is 4.28. The number of esters is 1. The maximum atomic E-state index is 12.5. The van der Waals surface area contributed by atoms with Crippen LogP contribution in [0, 0.1) is 13.8 Å². The first kappa shape index (κ1) is 12.4. The Labute approximate surface area is 89.4 Å². The minimum atomic E-state index is -4.63. The number of halogens is 3. The fourth-order valence-corrected chi connectivity index (χ4v) is 1.31. The molecule has 0 radical (unpaired) electrons. The zero-order valence-electron chi connectivity index (χ0n) is 8.84. The summed E-state index contributed by atoms with van der Waals surface area (Å²) in [4.78, 5) is 11.3. The van der Waals surface area contributed by atoms with Crippen LogP contribution in [0.3, 0.4) is 0 Å². The van der Waals surface area contributed by atoms with Gasteiger partial charge in [0, 0.05) is 0 Å². The number of aromatic nitrogens is 2. The van der Waals surface area contributed by atoms with E-state index in [0.29, 0.717) is 0 Å². The molecule has 4 nitrogen and oxygen atoms in total. The Morgan fingerprint density at radius 2 is 1.81 bits per heavy atom. The van der Waals surface area contributed by atoms with Crippen molar-refractivity contribution in [3.63, 3.8) is 0 Å². The van der Waals surface area contributed by atoms with Crippen LogP contribution in [-0.4, -0.2) is 23.3 Å². The summed E-state index contributed by atoms with van der Waals surface area (Å²) in [6.45, 7) is 2.56. The smallest absolute Gasteiger partial charge is 0.435 e. The topological polar surface area (TPSA) is 52.1 Å². The summed E-state index contributed by atoms with van der Waals surface area (Å²) in [5.74, 6) is -0.851. The van der Waals surface area contributed by atoms with Crippen LogP contribution in [0.2, 0.25) is 0 Å². The van der Waals surface area contributed by atoms with Crippen LogP contribution in [0.4, 0.5) is 13.2 Å². The Hall–Kier alpha value is -1.66. The molecular weight excluding hydrogens is 225 g/mol. The fourth-order valence-electron chi connectivity index (χ4n) is 1.31. The number of nitrogens with zero attached hydrogens (tertiary/aromatic N) is 2. The highest BCUT2D eigenvalue weighted by Crippen LogP contribution is 2.31. The number of rotatable bonds is 1. The summed E-state index contributed by atoms with van der Waals surface area (Å²) in [5, 5.41) is 6.35. The third kappa shape index (κ3) is 2.12. The summed E-state index contributed by atoms with van der Waals surface area (Å²) in [6, 6.07) is 0. The van der Waals surface area contributed by atoms with Crippen LogP contribution in [0.15, 0.2) is 0 Å². The van der Waals surface area contributed by atoms with Crippen molar-refractivity contribution in [2.24, 2.45) is 0 Å². The van der Waals surface area contributed by atoms with Gasteiger partial charge in [-0.05, 0) is 19.4 Å². The van der Waals surface area contributed by atoms with Crippen molar-refractivity contribution in [2.45, 2.75) is 20.0 Å². The molecule has 88 valence electrons. The van der Waals surface area contributed by atoms with Crippen LogP contribution in [0.1, 0.15) is 27.3 Å². The molecule has 1 heterocycles. The lowest BCUT2D eigenvalue weighted by Gasteiger charge is -2.12. The molecule has 1 aromatic heterocycles. The lowest BCUT2D eigenvalue weighted by atomic mass is 10.1. The first-order valence-corrected chi connectivity index (χ1v) is 4.28. The SMILES string of the molecule is COC(=O)c1c(C)nnc(C(F)(F)F)c1C. The first-order chi connectivity index (χ1) is 7.29. The summed E-state index contributed by atoms with van der Waals surface area (Å²) >= 11 is 0. The summed E-state index contributed by atoms with van der Waals surface area (Å²) < 4.78 is 41.8. The Morgan fingerprint density at radius 1 is 1.25 bits per heavy atom. The second-order valence-corrected chi connectivity index (χ2v) is 3.12. The molecule has 0 bridgehead atoms. The third-order valence-corrected chi connectivity index (χ3v) is 2.05. The predicted octanol–water partition coefficient (Wildman–Crippen LogP) is 1.90. The van der Waals surface area contributed by atoms with E-state index >= 15 is 0 Å². The molecule has 0 aliphatic rings. The number of carbonyl (C=O) groups excluding carboxylic acids is 1. The number of alkyl halides is 3. The molecule has 0 aliphatic heterocycles. The van der Waals surface area contributed by atoms with Gasteiger partial charge in [-0.1, -0.05) is 0 Å². The molecule has 0 saturated heterocycles. The van der Waals surface area contributed by atoms with Crippen LogP contribution in [0.5, 0.6) is 0 Å². The van der Waals surface area contributed by atoms with E-state index in [1.807, 2.05) is 0 Å². The molecule has 0 aromatic carbocycles. The van der Waals surface area contributed by atoms with E-state index in [1.165, 1.54) is 6.92 Å². The maximum Gasteiger partial charge on any atom is 0.435 e. The zero-order valence-corrected chi connectivity index (χ0v) is 8.84. The number of ether oxygens (including phenoxy) is 1. The van der Waals surface area contributed by atoms with Gasteiger partial charge >= 0.3 is 12.1 Å². The Morgan fingerprint density at radius 3 is 2.25 bits per heavy atom. The Kier molecular flexibility index (Phi) is 3.16. The Bertz CT molecular complexity index is 429. The fraction of sp³-hybridized carbons (Fsp3) is 0.444. The van der Waals surface area contributed by atoms with Gasteiger partial charge in [-0.15, -0.1) is 5.10 Å². The summed E-state index contributed by atoms with van der Waals surface area (Å²) in [5.41, 5.74) is -1.52. The highest BCUT2D eigenvalue weighted by Gasteiger charge is 2.37. The third-order valence-electron chi connectivity index (χ3n) is 2.05. The van der Waals surface area contributed by atoms with E-state index in [-0.39, 0.29) is 16.8 Å². The second-order valence-electron chi connectivity index (χ2n) is 3.12. The molecule has 0 N–H and O–H groups in total. The number of hydrogen-bond donors (Lipinski definition) is 0. The number of aryl methyl sites for hydroxylation is 1. The molecule has 0 aliphatic carbocycles. The van der Waals surface area contributed by atoms with Gasteiger partial charge in [0.25, 0.3) is 0 Å². The van der Waals surface area contributed by atoms with Gasteiger partial charge in [-0.3, -0.25) is 0 Å². The van der Waals surface area contributed by atoms with E-state index in [4.69, 9.17) is 0 Å². The van der Waals surface area contributed by atoms with Crippen molar-refractivity contribution in [1.29, 1.82) is 0 Å². The van der Waals surface area contributed by atoms with Gasteiger partial charge in [0.15, 0.2) is 5.69 Å². The molecule has 7 heteroatoms. The maximum absolute atomic E-state index is 12.5. The lowest BCUT2D eigenvalue weighted by molar-refractivity contribution is -0.142. The van der Waals surface area contributed by atoms with Crippen molar-refractivity contribution >= 4 is 5.97 Å². The minimum Gasteiger partial charge on any atom is -0.465 e. The normalized spacial score (nSPS) is 11.4. The highest BCUT2D eigenvalue weighted by atomic mass is 19.4. The van der Waals surface area contributed by atoms with Gasteiger partial charge in [0.1, 0.15) is 0 Å². The average Bonchev–Trinajstić information content (AvgIpc) is 2.15. The van der Waals surface area contributed by atoms with Gasteiger partial charge in [0.05, 0.1) is 18.4 Å². The van der Waals surface area contributed by atoms with Gasteiger partial charge < -0.3 is 4.74 Å². The predicted molar refractivity (Wildman–Crippen MR) is 47.8 cm³/mol. The molecule has 0 fully saturated rings. The summed E-state index contributed by atoms with van der Waals surface area (Å²) in [7, 11) is 1.09. The molecule has 0 amide bonds. The van der Waals surface area contributed by atoms with E-state index in [2.05, 4.69) is 14.9 Å². The van der Waals surface area contributed by atoms with Gasteiger partial charge in [0.2, 0.25) is 0 Å². The quantitative estimate of drug-likeness (QED) is 0.696. The monoisotopic (exact) mass is 234 g/mol. The molecule has 0 unspecified atom stereocenters. The van der Waals surface area contributed by atoms with Gasteiger partial charge in [-0.2, -0.15) is 18.3 Å². The molecule has 16 heavy (non-hydrogen) atoms. The lowest BCUT2D eigenvalue weighted by Crippen LogP contribution is -2.18. The summed E-state index contributed by atoms with van der Waals surface area (Å²) in [6.07, 6.45) is -4.63. The average molecular weight is 234 g/mol. The minimum absolute atomic E-state index is 0.109. The molecule has 1 aromatic rings. The van der Waals surface area contributed by atoms with E-state index in [9.17, 15) is 18.0 Å². The van der Waals surface area contributed by atoms with Crippen LogP contribution in [0.25, 0.3) is 0 Å². The van der Waals surface area contributed by atoms with Crippen molar-refractivity contribution < 1.29 is 22.7 Å². The van der Waals surface area contributed by atoms with Crippen molar-refractivity contribution in [2.75, 3.05) is 7.11 Å². The molecular formula is C9H9F3N2O2. The van der Waals surface area contributed by atoms with E-state index < -0.39 is 17.8 Å². The van der Waals surface area contributed by atoms with E-state index in [0.717, 1.165) is 14.0 Å². The van der Waals surface area contributed by atoms with Crippen molar-refractivity contribution in [3.05, 3.63) is 22.5 Å². The zero-order chi connectivity index (χ0) is 12.5. The Balaban J connectivity index is 3.45. The van der Waals surface area contributed by atoms with Crippen LogP contribution in [-0.2, 0) is 10.9 Å². The molecule has 0 spiro atoms. The standard InChI is InChI=1S/C9H9F3N2O2/c1-4-6(8(15)16-3)5(2)13-14-7(4)9(10,11)12/h1-3H3.